The fourth-order valence-corrected chi connectivity index (χ4v) is 1.88. The second-order valence-corrected chi connectivity index (χ2v) is 4.68. The van der Waals surface area contributed by atoms with Crippen LogP contribution in [0.3, 0.4) is 0 Å². The fourth-order valence-electron chi connectivity index (χ4n) is 1.88. The summed E-state index contributed by atoms with van der Waals surface area (Å²) in [6.07, 6.45) is 0.668. The highest BCUT2D eigenvalue weighted by Crippen LogP contribution is 2.06. The van der Waals surface area contributed by atoms with Gasteiger partial charge in [0.2, 0.25) is 0 Å². The van der Waals surface area contributed by atoms with Crippen molar-refractivity contribution in [2.24, 2.45) is 0 Å². The number of aliphatic hydroxyl groups is 1. The Balaban J connectivity index is 2.30. The summed E-state index contributed by atoms with van der Waals surface area (Å²) in [6.45, 7) is 4.83. The summed E-state index contributed by atoms with van der Waals surface area (Å²) in [7, 11) is 1.92. The van der Waals surface area contributed by atoms with Crippen molar-refractivity contribution in [2.45, 2.75) is 26.0 Å². The first-order valence-corrected chi connectivity index (χ1v) is 6.43. The molecule has 1 rings (SSSR count). The third kappa shape index (κ3) is 6.10. The van der Waals surface area contributed by atoms with E-state index in [4.69, 9.17) is 0 Å². The number of benzene rings is 1. The highest BCUT2D eigenvalue weighted by molar-refractivity contribution is 5.16. The minimum atomic E-state index is -0.393. The van der Waals surface area contributed by atoms with Crippen LogP contribution in [-0.2, 0) is 6.54 Å². The van der Waals surface area contributed by atoms with E-state index in [0.29, 0.717) is 19.6 Å². The molecule has 3 nitrogen and oxygen atoms in total. The number of aliphatic hydroxyl groups excluding tert-OH is 1. The molecule has 0 aliphatic carbocycles. The molecule has 18 heavy (non-hydrogen) atoms. The second-order valence-electron chi connectivity index (χ2n) is 4.68. The largest absolute Gasteiger partial charge is 0.390 e. The van der Waals surface area contributed by atoms with E-state index in [1.54, 1.807) is 6.07 Å². The molecule has 0 spiro atoms. The van der Waals surface area contributed by atoms with Crippen molar-refractivity contribution in [2.75, 3.05) is 26.7 Å². The van der Waals surface area contributed by atoms with Crippen LogP contribution in [0.15, 0.2) is 24.3 Å². The van der Waals surface area contributed by atoms with Crippen LogP contribution >= 0.6 is 0 Å². The Morgan fingerprint density at radius 1 is 1.44 bits per heavy atom. The number of nitrogens with one attached hydrogen (secondary N) is 1. The summed E-state index contributed by atoms with van der Waals surface area (Å²) in [6, 6.07) is 6.56. The van der Waals surface area contributed by atoms with Gasteiger partial charge in [-0.2, -0.15) is 0 Å². The predicted octanol–water partition coefficient (Wildman–Crippen LogP) is 1.62. The Morgan fingerprint density at radius 2 is 2.22 bits per heavy atom. The number of likely N-dealkylation sites (N-methyl/N-ethyl adjacent to an activating group) is 1. The standard InChI is InChI=1S/C14H23FN2O/c1-3-7-16-9-14(18)11-17(2)10-12-5-4-6-13(15)8-12/h4-6,8,14,16,18H,3,7,9-11H2,1-2H3. The first-order valence-electron chi connectivity index (χ1n) is 6.43. The number of halogens is 1. The van der Waals surface area contributed by atoms with Crippen molar-refractivity contribution < 1.29 is 9.50 Å². The zero-order valence-corrected chi connectivity index (χ0v) is 11.2. The minimum absolute atomic E-state index is 0.217. The lowest BCUT2D eigenvalue weighted by Crippen LogP contribution is -2.36. The Kier molecular flexibility index (Phi) is 6.86. The number of nitrogens with zero attached hydrogens (tertiary/aromatic N) is 1. The van der Waals surface area contributed by atoms with Crippen molar-refractivity contribution in [3.63, 3.8) is 0 Å². The van der Waals surface area contributed by atoms with Crippen molar-refractivity contribution in [1.29, 1.82) is 0 Å². The van der Waals surface area contributed by atoms with Gasteiger partial charge in [0, 0.05) is 19.6 Å². The van der Waals surface area contributed by atoms with Gasteiger partial charge in [-0.25, -0.2) is 4.39 Å². The monoisotopic (exact) mass is 254 g/mol. The molecule has 0 aliphatic heterocycles. The minimum Gasteiger partial charge on any atom is -0.390 e. The highest BCUT2D eigenvalue weighted by Gasteiger charge is 2.08. The van der Waals surface area contributed by atoms with E-state index in [-0.39, 0.29) is 5.82 Å². The molecule has 0 aromatic heterocycles. The van der Waals surface area contributed by atoms with E-state index < -0.39 is 6.10 Å². The lowest BCUT2D eigenvalue weighted by atomic mass is 10.2. The molecule has 0 fully saturated rings. The normalized spacial score (nSPS) is 12.9. The average Bonchev–Trinajstić information content (AvgIpc) is 2.29. The molecular weight excluding hydrogens is 231 g/mol. The third-order valence-corrected chi connectivity index (χ3v) is 2.67. The first kappa shape index (κ1) is 15.1. The Labute approximate surface area is 109 Å². The Bertz CT molecular complexity index is 346. The number of hydrogen-bond donors (Lipinski definition) is 2. The van der Waals surface area contributed by atoms with Crippen molar-refractivity contribution in [3.8, 4) is 0 Å². The number of hydrogen-bond acceptors (Lipinski definition) is 3. The van der Waals surface area contributed by atoms with Crippen LogP contribution in [0.4, 0.5) is 4.39 Å². The van der Waals surface area contributed by atoms with Gasteiger partial charge in [0.15, 0.2) is 0 Å². The molecule has 0 heterocycles. The van der Waals surface area contributed by atoms with Crippen molar-refractivity contribution in [3.05, 3.63) is 35.6 Å². The maximum absolute atomic E-state index is 13.0. The van der Waals surface area contributed by atoms with Gasteiger partial charge in [-0.05, 0) is 37.7 Å². The molecule has 1 aromatic rings. The molecule has 1 unspecified atom stereocenters. The molecule has 0 saturated carbocycles. The Hall–Kier alpha value is -0.970. The van der Waals surface area contributed by atoms with Gasteiger partial charge in [0.1, 0.15) is 5.82 Å². The number of rotatable bonds is 8. The predicted molar refractivity (Wildman–Crippen MR) is 71.9 cm³/mol. The summed E-state index contributed by atoms with van der Waals surface area (Å²) in [5.74, 6) is -0.217. The zero-order valence-electron chi connectivity index (χ0n) is 11.2. The molecule has 102 valence electrons. The lowest BCUT2D eigenvalue weighted by Gasteiger charge is -2.20. The van der Waals surface area contributed by atoms with Crippen LogP contribution in [0, 0.1) is 5.82 Å². The van der Waals surface area contributed by atoms with Crippen LogP contribution in [0.2, 0.25) is 0 Å². The summed E-state index contributed by atoms with van der Waals surface area (Å²) in [5, 5.41) is 13.0. The summed E-state index contributed by atoms with van der Waals surface area (Å²) in [4.78, 5) is 1.99. The van der Waals surface area contributed by atoms with Crippen molar-refractivity contribution >= 4 is 0 Å². The molecule has 0 radical (unpaired) electrons. The molecule has 0 aliphatic rings. The van der Waals surface area contributed by atoms with Gasteiger partial charge in [0.25, 0.3) is 0 Å². The van der Waals surface area contributed by atoms with Crippen molar-refractivity contribution in [1.82, 2.24) is 10.2 Å². The molecule has 2 N–H and O–H groups in total. The van der Waals surface area contributed by atoms with E-state index >= 15 is 0 Å². The van der Waals surface area contributed by atoms with E-state index in [0.717, 1.165) is 18.5 Å². The summed E-state index contributed by atoms with van der Waals surface area (Å²) >= 11 is 0. The van der Waals surface area contributed by atoms with Crippen LogP contribution in [0.25, 0.3) is 0 Å². The van der Waals surface area contributed by atoms with Gasteiger partial charge in [-0.3, -0.25) is 4.90 Å². The third-order valence-electron chi connectivity index (χ3n) is 2.67. The lowest BCUT2D eigenvalue weighted by molar-refractivity contribution is 0.121. The van der Waals surface area contributed by atoms with E-state index in [2.05, 4.69) is 12.2 Å². The molecule has 1 atom stereocenters. The van der Waals surface area contributed by atoms with E-state index in [9.17, 15) is 9.50 Å². The molecule has 0 bridgehead atoms. The van der Waals surface area contributed by atoms with Crippen LogP contribution in [0.5, 0.6) is 0 Å². The Morgan fingerprint density at radius 3 is 2.89 bits per heavy atom. The average molecular weight is 254 g/mol. The summed E-state index contributed by atoms with van der Waals surface area (Å²) < 4.78 is 13.0. The molecular formula is C14H23FN2O. The smallest absolute Gasteiger partial charge is 0.123 e. The van der Waals surface area contributed by atoms with E-state index in [1.165, 1.54) is 12.1 Å². The maximum Gasteiger partial charge on any atom is 0.123 e. The molecule has 0 amide bonds. The highest BCUT2D eigenvalue weighted by atomic mass is 19.1. The SMILES string of the molecule is CCCNCC(O)CN(C)Cc1cccc(F)c1. The second kappa shape index (κ2) is 8.19. The molecule has 4 heteroatoms. The fraction of sp³-hybridized carbons (Fsp3) is 0.571. The molecule has 1 aromatic carbocycles. The van der Waals surface area contributed by atoms with Gasteiger partial charge < -0.3 is 10.4 Å². The van der Waals surface area contributed by atoms with Gasteiger partial charge >= 0.3 is 0 Å². The van der Waals surface area contributed by atoms with Gasteiger partial charge in [-0.15, -0.1) is 0 Å². The first-order chi connectivity index (χ1) is 8.61. The maximum atomic E-state index is 13.0. The van der Waals surface area contributed by atoms with Gasteiger partial charge in [-0.1, -0.05) is 19.1 Å². The van der Waals surface area contributed by atoms with Crippen LogP contribution in [0.1, 0.15) is 18.9 Å². The van der Waals surface area contributed by atoms with Crippen LogP contribution < -0.4 is 5.32 Å². The van der Waals surface area contributed by atoms with Crippen LogP contribution in [-0.4, -0.2) is 42.8 Å². The van der Waals surface area contributed by atoms with E-state index in [1.807, 2.05) is 18.0 Å². The zero-order chi connectivity index (χ0) is 13.4. The molecule has 0 saturated heterocycles. The summed E-state index contributed by atoms with van der Waals surface area (Å²) in [5.41, 5.74) is 0.922. The van der Waals surface area contributed by atoms with Gasteiger partial charge in [0.05, 0.1) is 6.10 Å². The topological polar surface area (TPSA) is 35.5 Å². The quantitative estimate of drug-likeness (QED) is 0.692.